The fourth-order valence-electron chi connectivity index (χ4n) is 2.20. The number of aryl methyl sites for hydroxylation is 1. The van der Waals surface area contributed by atoms with E-state index in [9.17, 15) is 0 Å². The number of para-hydroxylation sites is 3. The van der Waals surface area contributed by atoms with E-state index in [1.165, 1.54) is 10.9 Å². The number of benzene rings is 2. The van der Waals surface area contributed by atoms with Gasteiger partial charge in [0, 0.05) is 24.1 Å². The highest BCUT2D eigenvalue weighted by Crippen LogP contribution is 2.29. The zero-order valence-electron chi connectivity index (χ0n) is 10.2. The Bertz CT molecular complexity index is 698. The zero-order valence-corrected chi connectivity index (χ0v) is 10.2. The van der Waals surface area contributed by atoms with Gasteiger partial charge in [-0.2, -0.15) is 0 Å². The molecule has 90 valence electrons. The first-order chi connectivity index (χ1) is 8.75. The van der Waals surface area contributed by atoms with Crippen molar-refractivity contribution >= 4 is 28.0 Å². The van der Waals surface area contributed by atoms with Crippen molar-refractivity contribution in [2.75, 3.05) is 11.1 Å². The van der Waals surface area contributed by atoms with E-state index in [-0.39, 0.29) is 0 Å². The van der Waals surface area contributed by atoms with Crippen molar-refractivity contribution in [2.24, 2.45) is 7.05 Å². The van der Waals surface area contributed by atoms with Crippen LogP contribution in [0.2, 0.25) is 0 Å². The van der Waals surface area contributed by atoms with Crippen molar-refractivity contribution in [3.8, 4) is 0 Å². The van der Waals surface area contributed by atoms with Crippen LogP contribution in [0.25, 0.3) is 10.9 Å². The maximum Gasteiger partial charge on any atom is 0.0644 e. The summed E-state index contributed by atoms with van der Waals surface area (Å²) >= 11 is 0. The van der Waals surface area contributed by atoms with E-state index in [0.717, 1.165) is 17.1 Å². The number of nitrogens with one attached hydrogen (secondary N) is 1. The van der Waals surface area contributed by atoms with E-state index >= 15 is 0 Å². The molecule has 3 rings (SSSR count). The molecule has 0 spiro atoms. The second-order valence-electron chi connectivity index (χ2n) is 4.38. The van der Waals surface area contributed by atoms with E-state index in [1.807, 2.05) is 43.4 Å². The Morgan fingerprint density at radius 2 is 1.67 bits per heavy atom. The zero-order chi connectivity index (χ0) is 12.5. The van der Waals surface area contributed by atoms with Gasteiger partial charge in [-0.1, -0.05) is 30.3 Å². The van der Waals surface area contributed by atoms with Gasteiger partial charge >= 0.3 is 0 Å². The number of anilines is 3. The number of hydrogen-bond acceptors (Lipinski definition) is 2. The van der Waals surface area contributed by atoms with Crippen LogP contribution in [0.4, 0.5) is 17.1 Å². The summed E-state index contributed by atoms with van der Waals surface area (Å²) in [6.07, 6.45) is 2.08. The molecule has 0 saturated heterocycles. The van der Waals surface area contributed by atoms with Crippen LogP contribution in [-0.4, -0.2) is 4.57 Å². The third kappa shape index (κ3) is 1.70. The summed E-state index contributed by atoms with van der Waals surface area (Å²) in [5.74, 6) is 0. The lowest BCUT2D eigenvalue weighted by atomic mass is 10.2. The Morgan fingerprint density at radius 3 is 2.50 bits per heavy atom. The van der Waals surface area contributed by atoms with Gasteiger partial charge in [-0.3, -0.25) is 0 Å². The first-order valence-corrected chi connectivity index (χ1v) is 5.91. The van der Waals surface area contributed by atoms with Crippen molar-refractivity contribution in [1.82, 2.24) is 4.57 Å². The van der Waals surface area contributed by atoms with Crippen molar-refractivity contribution in [2.45, 2.75) is 0 Å². The van der Waals surface area contributed by atoms with Gasteiger partial charge in [-0.05, 0) is 18.2 Å². The maximum atomic E-state index is 5.95. The topological polar surface area (TPSA) is 43.0 Å². The summed E-state index contributed by atoms with van der Waals surface area (Å²) in [4.78, 5) is 0. The molecule has 0 fully saturated rings. The number of nitrogen functional groups attached to an aromatic ring is 1. The quantitative estimate of drug-likeness (QED) is 0.670. The predicted octanol–water partition coefficient (Wildman–Crippen LogP) is 3.50. The SMILES string of the molecule is Cn1cc(Nc2ccccc2N)c2ccccc21. The van der Waals surface area contributed by atoms with Crippen LogP contribution in [0.1, 0.15) is 0 Å². The number of fused-ring (bicyclic) bond motifs is 1. The Hall–Kier alpha value is -2.42. The van der Waals surface area contributed by atoms with Crippen LogP contribution >= 0.6 is 0 Å². The fourth-order valence-corrected chi connectivity index (χ4v) is 2.20. The van der Waals surface area contributed by atoms with Gasteiger partial charge in [0.2, 0.25) is 0 Å². The number of hydrogen-bond donors (Lipinski definition) is 2. The highest BCUT2D eigenvalue weighted by atomic mass is 15.0. The van der Waals surface area contributed by atoms with E-state index in [0.29, 0.717) is 0 Å². The average molecular weight is 237 g/mol. The molecule has 0 aliphatic heterocycles. The molecule has 1 aromatic heterocycles. The van der Waals surface area contributed by atoms with Crippen LogP contribution in [-0.2, 0) is 7.05 Å². The van der Waals surface area contributed by atoms with Crippen LogP contribution in [0, 0.1) is 0 Å². The standard InChI is InChI=1S/C15H15N3/c1-18-10-14(11-6-2-5-9-15(11)18)17-13-8-4-3-7-12(13)16/h2-10,17H,16H2,1H3. The summed E-state index contributed by atoms with van der Waals surface area (Å²) in [7, 11) is 2.04. The Balaban J connectivity index is 2.08. The summed E-state index contributed by atoms with van der Waals surface area (Å²) in [6.45, 7) is 0. The molecule has 3 heteroatoms. The van der Waals surface area contributed by atoms with Crippen molar-refractivity contribution in [1.29, 1.82) is 0 Å². The highest BCUT2D eigenvalue weighted by molar-refractivity contribution is 5.95. The van der Waals surface area contributed by atoms with E-state index in [4.69, 9.17) is 5.73 Å². The van der Waals surface area contributed by atoms with Crippen LogP contribution in [0.3, 0.4) is 0 Å². The Labute approximate surface area is 106 Å². The van der Waals surface area contributed by atoms with Gasteiger partial charge in [-0.15, -0.1) is 0 Å². The lowest BCUT2D eigenvalue weighted by Gasteiger charge is -2.07. The Morgan fingerprint density at radius 1 is 0.944 bits per heavy atom. The number of nitrogens with zero attached hydrogens (tertiary/aromatic N) is 1. The largest absolute Gasteiger partial charge is 0.397 e. The maximum absolute atomic E-state index is 5.95. The Kier molecular flexibility index (Phi) is 2.45. The van der Waals surface area contributed by atoms with Crippen LogP contribution in [0.5, 0.6) is 0 Å². The normalized spacial score (nSPS) is 10.7. The third-order valence-corrected chi connectivity index (χ3v) is 3.13. The molecule has 3 N–H and O–H groups in total. The smallest absolute Gasteiger partial charge is 0.0644 e. The first kappa shape index (κ1) is 10.7. The highest BCUT2D eigenvalue weighted by Gasteiger charge is 2.06. The molecule has 0 amide bonds. The van der Waals surface area contributed by atoms with Gasteiger partial charge in [0.15, 0.2) is 0 Å². The molecule has 18 heavy (non-hydrogen) atoms. The lowest BCUT2D eigenvalue weighted by molar-refractivity contribution is 0.970. The number of nitrogens with two attached hydrogens (primary N) is 1. The predicted molar refractivity (Wildman–Crippen MR) is 77.1 cm³/mol. The molecule has 0 aliphatic carbocycles. The summed E-state index contributed by atoms with van der Waals surface area (Å²) in [5, 5.41) is 4.59. The number of aromatic nitrogens is 1. The van der Waals surface area contributed by atoms with Crippen LogP contribution in [0.15, 0.2) is 54.7 Å². The number of rotatable bonds is 2. The minimum Gasteiger partial charge on any atom is -0.397 e. The minimum absolute atomic E-state index is 0.755. The van der Waals surface area contributed by atoms with E-state index < -0.39 is 0 Å². The monoisotopic (exact) mass is 237 g/mol. The molecule has 0 radical (unpaired) electrons. The minimum atomic E-state index is 0.755. The van der Waals surface area contributed by atoms with Crippen molar-refractivity contribution < 1.29 is 0 Å². The second kappa shape index (κ2) is 4.11. The fraction of sp³-hybridized carbons (Fsp3) is 0.0667. The second-order valence-corrected chi connectivity index (χ2v) is 4.38. The molecule has 0 atom stereocenters. The van der Waals surface area contributed by atoms with E-state index in [2.05, 4.69) is 28.2 Å². The molecule has 0 aliphatic rings. The molecule has 0 saturated carbocycles. The van der Waals surface area contributed by atoms with Gasteiger partial charge in [0.1, 0.15) is 0 Å². The van der Waals surface area contributed by atoms with Crippen molar-refractivity contribution in [3.63, 3.8) is 0 Å². The summed E-state index contributed by atoms with van der Waals surface area (Å²) in [6, 6.07) is 16.1. The average Bonchev–Trinajstić information content (AvgIpc) is 2.70. The van der Waals surface area contributed by atoms with Gasteiger partial charge in [0.05, 0.1) is 17.1 Å². The molecular weight excluding hydrogens is 222 g/mol. The van der Waals surface area contributed by atoms with Gasteiger partial charge in [-0.25, -0.2) is 0 Å². The molecule has 3 nitrogen and oxygen atoms in total. The third-order valence-electron chi connectivity index (χ3n) is 3.13. The molecular formula is C15H15N3. The summed E-state index contributed by atoms with van der Waals surface area (Å²) < 4.78 is 2.11. The van der Waals surface area contributed by atoms with Gasteiger partial charge in [0.25, 0.3) is 0 Å². The van der Waals surface area contributed by atoms with Crippen molar-refractivity contribution in [3.05, 3.63) is 54.7 Å². The molecule has 1 heterocycles. The van der Waals surface area contributed by atoms with E-state index in [1.54, 1.807) is 0 Å². The molecule has 0 bridgehead atoms. The van der Waals surface area contributed by atoms with Crippen LogP contribution < -0.4 is 11.1 Å². The lowest BCUT2D eigenvalue weighted by Crippen LogP contribution is -1.95. The summed E-state index contributed by atoms with van der Waals surface area (Å²) in [5.41, 5.74) is 9.92. The molecule has 2 aromatic carbocycles. The molecule has 3 aromatic rings. The first-order valence-electron chi connectivity index (χ1n) is 5.91. The van der Waals surface area contributed by atoms with Gasteiger partial charge < -0.3 is 15.6 Å². The molecule has 0 unspecified atom stereocenters.